The molecule has 6 heteroatoms. The summed E-state index contributed by atoms with van der Waals surface area (Å²) in [6, 6.07) is 14.0. The van der Waals surface area contributed by atoms with Gasteiger partial charge in [-0.05, 0) is 85.8 Å². The highest BCUT2D eigenvalue weighted by Gasteiger charge is 2.59. The van der Waals surface area contributed by atoms with Crippen molar-refractivity contribution in [3.63, 3.8) is 0 Å². The van der Waals surface area contributed by atoms with Gasteiger partial charge in [-0.3, -0.25) is 4.79 Å². The molecule has 1 aromatic heterocycles. The largest absolute Gasteiger partial charge is 0.346 e. The average molecular weight is 417 g/mol. The fraction of sp³-hybridized carbons (Fsp3) is 0.400. The summed E-state index contributed by atoms with van der Waals surface area (Å²) in [5.41, 5.74) is 2.01. The molecule has 31 heavy (non-hydrogen) atoms. The Kier molecular flexibility index (Phi) is 4.07. The molecule has 1 N–H and O–H groups in total. The molecule has 0 radical (unpaired) electrons. The molecule has 0 spiro atoms. The van der Waals surface area contributed by atoms with Crippen molar-refractivity contribution in [2.24, 2.45) is 11.8 Å². The first kappa shape index (κ1) is 18.7. The van der Waals surface area contributed by atoms with E-state index in [1.807, 2.05) is 36.7 Å². The lowest BCUT2D eigenvalue weighted by molar-refractivity contribution is -0.0744. The summed E-state index contributed by atoms with van der Waals surface area (Å²) in [5.74, 6) is 0.905. The molecule has 1 amide bonds. The number of carbonyl (C=O) groups excluding carboxylic acids is 1. The van der Waals surface area contributed by atoms with Gasteiger partial charge in [-0.2, -0.15) is 5.10 Å². The molecule has 2 aromatic carbocycles. The summed E-state index contributed by atoms with van der Waals surface area (Å²) in [4.78, 5) is 17.5. The predicted molar refractivity (Wildman–Crippen MR) is 115 cm³/mol. The van der Waals surface area contributed by atoms with Crippen LogP contribution in [0, 0.1) is 17.7 Å². The second kappa shape index (κ2) is 6.74. The van der Waals surface area contributed by atoms with Crippen LogP contribution >= 0.6 is 0 Å². The third-order valence-corrected chi connectivity index (χ3v) is 7.60. The molecule has 1 heterocycles. The second-order valence-corrected chi connectivity index (χ2v) is 9.85. The Morgan fingerprint density at radius 1 is 1.03 bits per heavy atom. The number of nitrogens with one attached hydrogen (secondary N) is 1. The van der Waals surface area contributed by atoms with Gasteiger partial charge < -0.3 is 5.32 Å². The van der Waals surface area contributed by atoms with E-state index in [0.717, 1.165) is 43.2 Å². The van der Waals surface area contributed by atoms with Crippen LogP contribution in [-0.2, 0) is 5.54 Å². The standard InChI is InChI=1S/C25H25FN4O/c26-22-6-2-4-20(9-22)19-3-1-5-21(8-19)23(31)29-24-10-17-7-18(11-24)13-25(12-17,14-24)30-16-27-15-28-30/h1-6,8-9,15-18H,7,10-14H2,(H,29,31). The van der Waals surface area contributed by atoms with Crippen LogP contribution in [0.4, 0.5) is 4.39 Å². The molecule has 158 valence electrons. The van der Waals surface area contributed by atoms with E-state index in [-0.39, 0.29) is 22.8 Å². The normalized spacial score (nSPS) is 31.0. The van der Waals surface area contributed by atoms with E-state index in [9.17, 15) is 9.18 Å². The highest BCUT2D eigenvalue weighted by atomic mass is 19.1. The summed E-state index contributed by atoms with van der Waals surface area (Å²) in [5, 5.41) is 7.93. The van der Waals surface area contributed by atoms with Crippen LogP contribution in [0.15, 0.2) is 61.2 Å². The van der Waals surface area contributed by atoms with Crippen molar-refractivity contribution < 1.29 is 9.18 Å². The Morgan fingerprint density at radius 2 is 1.77 bits per heavy atom. The van der Waals surface area contributed by atoms with Crippen molar-refractivity contribution in [3.05, 3.63) is 72.6 Å². The number of benzene rings is 2. The van der Waals surface area contributed by atoms with Gasteiger partial charge in [0.2, 0.25) is 0 Å². The van der Waals surface area contributed by atoms with Crippen molar-refractivity contribution in [2.45, 2.75) is 49.6 Å². The van der Waals surface area contributed by atoms with Crippen molar-refractivity contribution in [1.29, 1.82) is 0 Å². The van der Waals surface area contributed by atoms with E-state index in [0.29, 0.717) is 17.4 Å². The summed E-state index contributed by atoms with van der Waals surface area (Å²) < 4.78 is 15.7. The molecule has 5 nitrogen and oxygen atoms in total. The van der Waals surface area contributed by atoms with Crippen LogP contribution in [0.1, 0.15) is 48.9 Å². The van der Waals surface area contributed by atoms with Gasteiger partial charge in [-0.25, -0.2) is 14.1 Å². The van der Waals surface area contributed by atoms with E-state index in [2.05, 4.69) is 20.1 Å². The lowest BCUT2D eigenvalue weighted by Crippen LogP contribution is -2.65. The zero-order chi connectivity index (χ0) is 21.1. The summed E-state index contributed by atoms with van der Waals surface area (Å²) in [6.45, 7) is 0. The van der Waals surface area contributed by atoms with Crippen LogP contribution in [0.2, 0.25) is 0 Å². The topological polar surface area (TPSA) is 59.8 Å². The second-order valence-electron chi connectivity index (χ2n) is 9.85. The van der Waals surface area contributed by atoms with Crippen molar-refractivity contribution >= 4 is 5.91 Å². The molecule has 4 saturated carbocycles. The van der Waals surface area contributed by atoms with Crippen molar-refractivity contribution in [1.82, 2.24) is 20.1 Å². The molecule has 4 fully saturated rings. The van der Waals surface area contributed by atoms with Gasteiger partial charge in [-0.1, -0.05) is 24.3 Å². The van der Waals surface area contributed by atoms with Crippen LogP contribution < -0.4 is 5.32 Å². The minimum Gasteiger partial charge on any atom is -0.346 e. The Balaban J connectivity index is 1.29. The number of hydrogen-bond donors (Lipinski definition) is 1. The molecular weight excluding hydrogens is 391 g/mol. The molecule has 2 unspecified atom stereocenters. The highest BCUT2D eigenvalue weighted by molar-refractivity contribution is 5.96. The van der Waals surface area contributed by atoms with E-state index in [1.165, 1.54) is 18.6 Å². The molecule has 3 aromatic rings. The number of nitrogens with zero attached hydrogens (tertiary/aromatic N) is 3. The number of amides is 1. The lowest BCUT2D eigenvalue weighted by Gasteiger charge is -2.61. The Bertz CT molecular complexity index is 1130. The number of carbonyl (C=O) groups is 1. The minimum atomic E-state index is -0.278. The molecule has 0 aliphatic heterocycles. The Morgan fingerprint density at radius 3 is 2.48 bits per heavy atom. The van der Waals surface area contributed by atoms with Crippen LogP contribution in [-0.4, -0.2) is 26.2 Å². The van der Waals surface area contributed by atoms with Crippen LogP contribution in [0.3, 0.4) is 0 Å². The first-order valence-electron chi connectivity index (χ1n) is 11.1. The van der Waals surface area contributed by atoms with Crippen molar-refractivity contribution in [2.75, 3.05) is 0 Å². The summed E-state index contributed by atoms with van der Waals surface area (Å²) in [6.07, 6.45) is 9.94. The lowest BCUT2D eigenvalue weighted by atomic mass is 9.50. The van der Waals surface area contributed by atoms with Crippen LogP contribution in [0.25, 0.3) is 11.1 Å². The SMILES string of the molecule is O=C(NC12CC3CC(C1)CC(n1cncn1)(C3)C2)c1cccc(-c2cccc(F)c2)c1. The molecule has 4 aliphatic carbocycles. The minimum absolute atomic E-state index is 0.0305. The van der Waals surface area contributed by atoms with E-state index >= 15 is 0 Å². The van der Waals surface area contributed by atoms with Gasteiger partial charge >= 0.3 is 0 Å². The first-order chi connectivity index (χ1) is 15.0. The van der Waals surface area contributed by atoms with E-state index in [1.54, 1.807) is 12.4 Å². The van der Waals surface area contributed by atoms with Crippen molar-refractivity contribution in [3.8, 4) is 11.1 Å². The average Bonchev–Trinajstić information content (AvgIpc) is 3.29. The van der Waals surface area contributed by atoms with Gasteiger partial charge in [0.15, 0.2) is 0 Å². The maximum atomic E-state index is 13.7. The Hall–Kier alpha value is -3.02. The predicted octanol–water partition coefficient (Wildman–Crippen LogP) is 4.56. The first-order valence-corrected chi connectivity index (χ1v) is 11.1. The zero-order valence-electron chi connectivity index (χ0n) is 17.3. The number of hydrogen-bond acceptors (Lipinski definition) is 3. The maximum Gasteiger partial charge on any atom is 0.251 e. The monoisotopic (exact) mass is 416 g/mol. The maximum absolute atomic E-state index is 13.7. The van der Waals surface area contributed by atoms with Gasteiger partial charge in [0, 0.05) is 11.1 Å². The zero-order valence-corrected chi connectivity index (χ0v) is 17.3. The summed E-state index contributed by atoms with van der Waals surface area (Å²) in [7, 11) is 0. The van der Waals surface area contributed by atoms with E-state index in [4.69, 9.17) is 0 Å². The smallest absolute Gasteiger partial charge is 0.251 e. The molecule has 0 saturated heterocycles. The van der Waals surface area contributed by atoms with E-state index < -0.39 is 0 Å². The number of rotatable bonds is 4. The fourth-order valence-corrected chi connectivity index (χ4v) is 6.90. The molecule has 4 aliphatic rings. The molecule has 4 bridgehead atoms. The molecule has 2 atom stereocenters. The van der Waals surface area contributed by atoms with Gasteiger partial charge in [-0.15, -0.1) is 0 Å². The highest BCUT2D eigenvalue weighted by Crippen LogP contribution is 2.60. The number of halogens is 1. The third-order valence-electron chi connectivity index (χ3n) is 7.60. The summed E-state index contributed by atoms with van der Waals surface area (Å²) >= 11 is 0. The number of aromatic nitrogens is 3. The van der Waals surface area contributed by atoms with Gasteiger partial charge in [0.25, 0.3) is 5.91 Å². The fourth-order valence-electron chi connectivity index (χ4n) is 6.90. The van der Waals surface area contributed by atoms with Crippen LogP contribution in [0.5, 0.6) is 0 Å². The van der Waals surface area contributed by atoms with Gasteiger partial charge in [0.1, 0.15) is 18.5 Å². The molecular formula is C25H25FN4O. The molecule has 7 rings (SSSR count). The quantitative estimate of drug-likeness (QED) is 0.678. The third kappa shape index (κ3) is 3.16. The Labute approximate surface area is 180 Å². The van der Waals surface area contributed by atoms with Gasteiger partial charge in [0.05, 0.1) is 5.54 Å².